The van der Waals surface area contributed by atoms with Gasteiger partial charge in [-0.25, -0.2) is 0 Å². The van der Waals surface area contributed by atoms with Gasteiger partial charge in [0.1, 0.15) is 0 Å². The maximum atomic E-state index is 12.4. The monoisotopic (exact) mass is 308 g/mol. The van der Waals surface area contributed by atoms with Gasteiger partial charge in [0.25, 0.3) is 0 Å². The normalized spacial score (nSPS) is 30.0. The fraction of sp³-hybridized carbons (Fsp3) is 0.929. The number of rotatable bonds is 3. The molecule has 21 heavy (non-hydrogen) atoms. The van der Waals surface area contributed by atoms with Crippen LogP contribution >= 0.6 is 0 Å². The van der Waals surface area contributed by atoms with Crippen molar-refractivity contribution in [2.24, 2.45) is 5.92 Å². The van der Waals surface area contributed by atoms with Crippen LogP contribution in [0.25, 0.3) is 0 Å². The number of alkyl halides is 3. The summed E-state index contributed by atoms with van der Waals surface area (Å²) >= 11 is 0. The summed E-state index contributed by atoms with van der Waals surface area (Å²) in [6, 6.07) is -0.0157. The van der Waals surface area contributed by atoms with E-state index in [9.17, 15) is 23.1 Å². The Hall–Kier alpha value is -0.820. The van der Waals surface area contributed by atoms with Crippen LogP contribution in [0, 0.1) is 5.92 Å². The van der Waals surface area contributed by atoms with Crippen LogP contribution in [-0.2, 0) is 4.79 Å². The molecule has 0 aromatic rings. The van der Waals surface area contributed by atoms with Crippen molar-refractivity contribution in [3.05, 3.63) is 0 Å². The van der Waals surface area contributed by atoms with E-state index in [0.717, 1.165) is 25.7 Å². The van der Waals surface area contributed by atoms with E-state index < -0.39 is 18.7 Å². The Morgan fingerprint density at radius 3 is 2.24 bits per heavy atom. The molecule has 0 radical (unpaired) electrons. The Kier molecular flexibility index (Phi) is 5.48. The molecule has 1 saturated heterocycles. The molecule has 4 nitrogen and oxygen atoms in total. The average Bonchev–Trinajstić information content (AvgIpc) is 2.63. The topological polar surface area (TPSA) is 43.8 Å². The van der Waals surface area contributed by atoms with Gasteiger partial charge < -0.3 is 5.11 Å². The van der Waals surface area contributed by atoms with E-state index in [1.165, 1.54) is 4.90 Å². The van der Waals surface area contributed by atoms with Crippen LogP contribution < -0.4 is 0 Å². The van der Waals surface area contributed by atoms with Crippen molar-refractivity contribution in [2.45, 2.75) is 44.3 Å². The minimum absolute atomic E-state index is 0.0157. The molecule has 1 aliphatic heterocycles. The van der Waals surface area contributed by atoms with Crippen LogP contribution in [0.3, 0.4) is 0 Å². The number of aliphatic carboxylic acids is 1. The van der Waals surface area contributed by atoms with E-state index >= 15 is 0 Å². The molecule has 0 bridgehead atoms. The lowest BCUT2D eigenvalue weighted by Crippen LogP contribution is -2.54. The van der Waals surface area contributed by atoms with Gasteiger partial charge >= 0.3 is 12.1 Å². The number of carboxylic acid groups (broad SMARTS) is 1. The number of hydrogen-bond acceptors (Lipinski definition) is 3. The van der Waals surface area contributed by atoms with Crippen molar-refractivity contribution in [1.82, 2.24) is 9.80 Å². The highest BCUT2D eigenvalue weighted by Gasteiger charge is 2.37. The van der Waals surface area contributed by atoms with Gasteiger partial charge in [0, 0.05) is 32.2 Å². The van der Waals surface area contributed by atoms with Gasteiger partial charge in [-0.2, -0.15) is 13.2 Å². The van der Waals surface area contributed by atoms with E-state index in [1.54, 1.807) is 0 Å². The third kappa shape index (κ3) is 4.85. The van der Waals surface area contributed by atoms with E-state index in [0.29, 0.717) is 32.6 Å². The zero-order valence-corrected chi connectivity index (χ0v) is 12.1. The lowest BCUT2D eigenvalue weighted by molar-refractivity contribution is -0.151. The predicted molar refractivity (Wildman–Crippen MR) is 72.1 cm³/mol. The van der Waals surface area contributed by atoms with Gasteiger partial charge in [-0.15, -0.1) is 0 Å². The van der Waals surface area contributed by atoms with Crippen LogP contribution in [0.2, 0.25) is 0 Å². The quantitative estimate of drug-likeness (QED) is 0.812. The summed E-state index contributed by atoms with van der Waals surface area (Å²) in [7, 11) is 0. The number of nitrogens with zero attached hydrogens (tertiary/aromatic N) is 2. The molecule has 2 unspecified atom stereocenters. The molecule has 0 amide bonds. The van der Waals surface area contributed by atoms with Crippen LogP contribution in [-0.4, -0.2) is 65.8 Å². The van der Waals surface area contributed by atoms with Crippen molar-refractivity contribution in [3.63, 3.8) is 0 Å². The molecule has 1 aliphatic carbocycles. The van der Waals surface area contributed by atoms with Gasteiger partial charge in [0.05, 0.1) is 12.5 Å². The first-order valence-electron chi connectivity index (χ1n) is 7.63. The van der Waals surface area contributed by atoms with E-state index in [4.69, 9.17) is 0 Å². The molecule has 2 atom stereocenters. The zero-order valence-electron chi connectivity index (χ0n) is 12.1. The Labute approximate surface area is 122 Å². The van der Waals surface area contributed by atoms with Gasteiger partial charge in [-0.05, 0) is 12.8 Å². The number of hydrogen-bond donors (Lipinski definition) is 1. The van der Waals surface area contributed by atoms with Crippen molar-refractivity contribution in [2.75, 3.05) is 32.7 Å². The molecule has 1 heterocycles. The second kappa shape index (κ2) is 6.96. The molecule has 2 fully saturated rings. The third-order valence-corrected chi connectivity index (χ3v) is 4.58. The average molecular weight is 308 g/mol. The molecule has 2 aliphatic rings. The minimum atomic E-state index is -4.16. The first-order chi connectivity index (χ1) is 9.87. The maximum Gasteiger partial charge on any atom is 0.401 e. The second-order valence-corrected chi connectivity index (χ2v) is 6.08. The fourth-order valence-corrected chi connectivity index (χ4v) is 3.52. The summed E-state index contributed by atoms with van der Waals surface area (Å²) in [5.41, 5.74) is 0. The maximum absolute atomic E-state index is 12.4. The molecular formula is C14H23F3N2O2. The van der Waals surface area contributed by atoms with Gasteiger partial charge in [-0.1, -0.05) is 19.3 Å². The summed E-state index contributed by atoms with van der Waals surface area (Å²) in [5.74, 6) is -1.14. The molecule has 1 saturated carbocycles. The van der Waals surface area contributed by atoms with E-state index in [-0.39, 0.29) is 12.0 Å². The lowest BCUT2D eigenvalue weighted by Gasteiger charge is -2.41. The highest BCUT2D eigenvalue weighted by molar-refractivity contribution is 5.70. The molecule has 0 spiro atoms. The number of halogens is 3. The SMILES string of the molecule is O=C(O)C1CCCCCC1N1CCN(CC(F)(F)F)CC1. The van der Waals surface area contributed by atoms with E-state index in [1.807, 2.05) is 0 Å². The molecule has 0 aromatic heterocycles. The zero-order chi connectivity index (χ0) is 15.5. The highest BCUT2D eigenvalue weighted by atomic mass is 19.4. The lowest BCUT2D eigenvalue weighted by atomic mass is 9.93. The smallest absolute Gasteiger partial charge is 0.401 e. The van der Waals surface area contributed by atoms with Gasteiger partial charge in [0.15, 0.2) is 0 Å². The molecule has 2 rings (SSSR count). The van der Waals surface area contributed by atoms with Crippen molar-refractivity contribution >= 4 is 5.97 Å². The molecule has 122 valence electrons. The van der Waals surface area contributed by atoms with Crippen molar-refractivity contribution in [3.8, 4) is 0 Å². The van der Waals surface area contributed by atoms with Gasteiger partial charge in [0.2, 0.25) is 0 Å². The van der Waals surface area contributed by atoms with Crippen molar-refractivity contribution in [1.29, 1.82) is 0 Å². The molecule has 1 N–H and O–H groups in total. The minimum Gasteiger partial charge on any atom is -0.481 e. The largest absolute Gasteiger partial charge is 0.481 e. The predicted octanol–water partition coefficient (Wildman–Crippen LogP) is 2.20. The summed E-state index contributed by atoms with van der Waals surface area (Å²) in [6.07, 6.45) is 0.361. The molecular weight excluding hydrogens is 285 g/mol. The molecule has 7 heteroatoms. The fourth-order valence-electron chi connectivity index (χ4n) is 3.52. The van der Waals surface area contributed by atoms with E-state index in [2.05, 4.69) is 4.90 Å². The van der Waals surface area contributed by atoms with Gasteiger partial charge in [-0.3, -0.25) is 14.6 Å². The summed E-state index contributed by atoms with van der Waals surface area (Å²) in [5, 5.41) is 9.38. The summed E-state index contributed by atoms with van der Waals surface area (Å²) in [4.78, 5) is 14.9. The van der Waals surface area contributed by atoms with Crippen LogP contribution in [0.4, 0.5) is 13.2 Å². The number of carbonyl (C=O) groups is 1. The Morgan fingerprint density at radius 2 is 1.67 bits per heavy atom. The Balaban J connectivity index is 1.91. The first-order valence-corrected chi connectivity index (χ1v) is 7.63. The number of piperazine rings is 1. The summed E-state index contributed by atoms with van der Waals surface area (Å²) in [6.45, 7) is 0.924. The number of carboxylic acids is 1. The molecule has 0 aromatic carbocycles. The second-order valence-electron chi connectivity index (χ2n) is 6.08. The Bertz CT molecular complexity index is 355. The van der Waals surface area contributed by atoms with Crippen LogP contribution in [0.15, 0.2) is 0 Å². The third-order valence-electron chi connectivity index (χ3n) is 4.58. The first kappa shape index (κ1) is 16.5. The van der Waals surface area contributed by atoms with Crippen LogP contribution in [0.5, 0.6) is 0 Å². The standard InChI is InChI=1S/C14H23F3N2O2/c15-14(16,17)10-18-6-8-19(9-7-18)12-5-3-1-2-4-11(12)13(20)21/h11-12H,1-10H2,(H,20,21). The highest BCUT2D eigenvalue weighted by Crippen LogP contribution is 2.29. The summed E-state index contributed by atoms with van der Waals surface area (Å²) < 4.78 is 37.1. The Morgan fingerprint density at radius 1 is 1.05 bits per heavy atom. The van der Waals surface area contributed by atoms with Crippen LogP contribution in [0.1, 0.15) is 32.1 Å². The van der Waals surface area contributed by atoms with Crippen molar-refractivity contribution < 1.29 is 23.1 Å².